The zero-order chi connectivity index (χ0) is 7.40. The third-order valence-corrected chi connectivity index (χ3v) is 1.53. The molecule has 0 unspecified atom stereocenters. The Kier molecular flexibility index (Phi) is 5.41. The first-order chi connectivity index (χ1) is 4.84. The summed E-state index contributed by atoms with van der Waals surface area (Å²) in [6, 6.07) is 5.96. The van der Waals surface area contributed by atoms with E-state index < -0.39 is 0 Å². The summed E-state index contributed by atoms with van der Waals surface area (Å²) in [5.74, 6) is 0. The molecule has 0 spiro atoms. The predicted octanol–water partition coefficient (Wildman–Crippen LogP) is -2.95. The van der Waals surface area contributed by atoms with Crippen LogP contribution >= 0.6 is 0 Å². The number of pyridine rings is 1. The first-order valence-electron chi connectivity index (χ1n) is 3.39. The van der Waals surface area contributed by atoms with E-state index in [0.717, 1.165) is 12.1 Å². The molecule has 3 heteroatoms. The molecule has 0 fully saturated rings. The van der Waals surface area contributed by atoms with Gasteiger partial charge in [-0.3, -0.25) is 0 Å². The van der Waals surface area contributed by atoms with Crippen molar-refractivity contribution in [1.29, 1.82) is 0 Å². The van der Waals surface area contributed by atoms with Crippen molar-refractivity contribution in [2.45, 2.75) is 6.42 Å². The number of hydrogen-bond donors (Lipinski definition) is 1. The van der Waals surface area contributed by atoms with E-state index in [4.69, 9.17) is 5.11 Å². The maximum absolute atomic E-state index is 8.63. The number of aryl methyl sites for hydroxylation is 1. The van der Waals surface area contributed by atoms with Crippen LogP contribution < -0.4 is 28.5 Å². The van der Waals surface area contributed by atoms with E-state index in [1.54, 1.807) is 0 Å². The molecule has 0 atom stereocenters. The van der Waals surface area contributed by atoms with Crippen LogP contribution in [-0.2, 0) is 13.5 Å². The van der Waals surface area contributed by atoms with Gasteiger partial charge in [0.1, 0.15) is 7.05 Å². The summed E-state index contributed by atoms with van der Waals surface area (Å²) in [7, 11) is 1.98. The van der Waals surface area contributed by atoms with E-state index >= 15 is 0 Å². The second kappa shape index (κ2) is 5.49. The highest BCUT2D eigenvalue weighted by atomic mass is 127. The molecule has 2 nitrogen and oxygen atoms in total. The van der Waals surface area contributed by atoms with Gasteiger partial charge in [0, 0.05) is 12.1 Å². The van der Waals surface area contributed by atoms with Crippen LogP contribution in [0, 0.1) is 0 Å². The van der Waals surface area contributed by atoms with Gasteiger partial charge < -0.3 is 29.1 Å². The van der Waals surface area contributed by atoms with Crippen LogP contribution in [0.25, 0.3) is 0 Å². The SMILES string of the molecule is C[n+]1ccccc1CCO.[I-]. The van der Waals surface area contributed by atoms with Gasteiger partial charge in [-0.2, -0.15) is 0 Å². The minimum Gasteiger partial charge on any atom is -1.00 e. The van der Waals surface area contributed by atoms with Crippen molar-refractivity contribution in [1.82, 2.24) is 0 Å². The second-order valence-corrected chi connectivity index (χ2v) is 2.28. The number of rotatable bonds is 2. The summed E-state index contributed by atoms with van der Waals surface area (Å²) in [5, 5.41) is 8.63. The van der Waals surface area contributed by atoms with Gasteiger partial charge in [-0.1, -0.05) is 6.07 Å². The number of hydrogen-bond acceptors (Lipinski definition) is 1. The fourth-order valence-electron chi connectivity index (χ4n) is 0.933. The van der Waals surface area contributed by atoms with Gasteiger partial charge >= 0.3 is 0 Å². The maximum Gasteiger partial charge on any atom is 0.183 e. The van der Waals surface area contributed by atoms with Crippen LogP contribution in [0.1, 0.15) is 5.69 Å². The first-order valence-corrected chi connectivity index (χ1v) is 3.39. The van der Waals surface area contributed by atoms with Crippen LogP contribution in [-0.4, -0.2) is 11.7 Å². The van der Waals surface area contributed by atoms with E-state index in [-0.39, 0.29) is 30.6 Å². The van der Waals surface area contributed by atoms with Crippen molar-refractivity contribution in [3.63, 3.8) is 0 Å². The molecule has 1 aromatic rings. The monoisotopic (exact) mass is 265 g/mol. The quantitative estimate of drug-likeness (QED) is 0.449. The standard InChI is InChI=1S/C8H12NO.HI/c1-9-6-3-2-4-8(9)5-7-10;/h2-4,6,10H,5,7H2,1H3;1H/q+1;/p-1. The van der Waals surface area contributed by atoms with Gasteiger partial charge in [-0.05, 0) is 0 Å². The number of aliphatic hydroxyl groups excluding tert-OH is 1. The summed E-state index contributed by atoms with van der Waals surface area (Å²) < 4.78 is 2.01. The Hall–Kier alpha value is -0.160. The third kappa shape index (κ3) is 3.16. The molecule has 0 aliphatic heterocycles. The largest absolute Gasteiger partial charge is 1.00 e. The topological polar surface area (TPSA) is 24.1 Å². The lowest BCUT2D eigenvalue weighted by Crippen LogP contribution is -3.00. The highest BCUT2D eigenvalue weighted by Crippen LogP contribution is 1.89. The van der Waals surface area contributed by atoms with Crippen molar-refractivity contribution in [3.05, 3.63) is 30.1 Å². The van der Waals surface area contributed by atoms with Crippen molar-refractivity contribution in [2.75, 3.05) is 6.61 Å². The van der Waals surface area contributed by atoms with Gasteiger partial charge in [-0.25, -0.2) is 4.57 Å². The van der Waals surface area contributed by atoms with Gasteiger partial charge in [-0.15, -0.1) is 0 Å². The lowest BCUT2D eigenvalue weighted by molar-refractivity contribution is -0.679. The third-order valence-electron chi connectivity index (χ3n) is 1.53. The van der Waals surface area contributed by atoms with E-state index in [1.807, 2.05) is 36.0 Å². The van der Waals surface area contributed by atoms with Crippen molar-refractivity contribution in [2.24, 2.45) is 7.05 Å². The van der Waals surface area contributed by atoms with Crippen molar-refractivity contribution >= 4 is 0 Å². The molecule has 0 aliphatic rings. The fourth-order valence-corrected chi connectivity index (χ4v) is 0.933. The van der Waals surface area contributed by atoms with Crippen LogP contribution in [0.2, 0.25) is 0 Å². The van der Waals surface area contributed by atoms with Crippen LogP contribution in [0.5, 0.6) is 0 Å². The smallest absolute Gasteiger partial charge is 0.183 e. The molecule has 1 N–H and O–H groups in total. The zero-order valence-electron chi connectivity index (χ0n) is 6.50. The highest BCUT2D eigenvalue weighted by Gasteiger charge is 2.01. The Morgan fingerprint density at radius 1 is 1.45 bits per heavy atom. The van der Waals surface area contributed by atoms with Gasteiger partial charge in [0.15, 0.2) is 11.9 Å². The zero-order valence-corrected chi connectivity index (χ0v) is 8.65. The molecular weight excluding hydrogens is 253 g/mol. The minimum atomic E-state index is 0. The summed E-state index contributed by atoms with van der Waals surface area (Å²) in [5.41, 5.74) is 1.16. The Balaban J connectivity index is 0.000001000. The normalized spacial score (nSPS) is 8.91. The lowest BCUT2D eigenvalue weighted by Gasteiger charge is -1.94. The molecule has 1 heterocycles. The molecular formula is C8H12INO. The molecule has 0 aliphatic carbocycles. The molecule has 0 saturated carbocycles. The van der Waals surface area contributed by atoms with Crippen molar-refractivity contribution in [3.8, 4) is 0 Å². The summed E-state index contributed by atoms with van der Waals surface area (Å²) >= 11 is 0. The fraction of sp³-hybridized carbons (Fsp3) is 0.375. The molecule has 1 rings (SSSR count). The summed E-state index contributed by atoms with van der Waals surface area (Å²) in [6.07, 6.45) is 2.71. The molecule has 0 bridgehead atoms. The molecule has 0 amide bonds. The van der Waals surface area contributed by atoms with Crippen LogP contribution in [0.4, 0.5) is 0 Å². The molecule has 1 aromatic heterocycles. The summed E-state index contributed by atoms with van der Waals surface area (Å²) in [4.78, 5) is 0. The average molecular weight is 265 g/mol. The maximum atomic E-state index is 8.63. The van der Waals surface area contributed by atoms with Gasteiger partial charge in [0.05, 0.1) is 13.0 Å². The van der Waals surface area contributed by atoms with Crippen LogP contribution in [0.3, 0.4) is 0 Å². The Labute approximate surface area is 83.9 Å². The Bertz CT molecular complexity index is 215. The van der Waals surface area contributed by atoms with Crippen molar-refractivity contribution < 1.29 is 33.7 Å². The Morgan fingerprint density at radius 3 is 2.73 bits per heavy atom. The summed E-state index contributed by atoms with van der Waals surface area (Å²) in [6.45, 7) is 0.220. The first kappa shape index (κ1) is 10.8. The second-order valence-electron chi connectivity index (χ2n) is 2.28. The highest BCUT2D eigenvalue weighted by molar-refractivity contribution is 4.96. The predicted molar refractivity (Wildman–Crippen MR) is 38.4 cm³/mol. The number of aromatic nitrogens is 1. The average Bonchev–Trinajstić information content (AvgIpc) is 1.94. The molecule has 0 saturated heterocycles. The van der Waals surface area contributed by atoms with Gasteiger partial charge in [0.25, 0.3) is 0 Å². The molecule has 0 radical (unpaired) electrons. The molecule has 0 aromatic carbocycles. The minimum absolute atomic E-state index is 0. The van der Waals surface area contributed by atoms with E-state index in [0.29, 0.717) is 0 Å². The Morgan fingerprint density at radius 2 is 2.18 bits per heavy atom. The van der Waals surface area contributed by atoms with Gasteiger partial charge in [0.2, 0.25) is 0 Å². The van der Waals surface area contributed by atoms with E-state index in [1.165, 1.54) is 0 Å². The number of halogens is 1. The molecule has 11 heavy (non-hydrogen) atoms. The van der Waals surface area contributed by atoms with E-state index in [9.17, 15) is 0 Å². The lowest BCUT2D eigenvalue weighted by atomic mass is 10.3. The molecule has 62 valence electrons. The number of aliphatic hydroxyl groups is 1. The number of nitrogens with zero attached hydrogens (tertiary/aromatic N) is 1. The van der Waals surface area contributed by atoms with E-state index in [2.05, 4.69) is 0 Å². The van der Waals surface area contributed by atoms with Crippen LogP contribution in [0.15, 0.2) is 24.4 Å².